The molecule has 68 valence electrons. The first-order valence-electron chi connectivity index (χ1n) is 4.63. The second-order valence-corrected chi connectivity index (χ2v) is 4.57. The highest BCUT2D eigenvalue weighted by Gasteiger charge is 2.16. The van der Waals surface area contributed by atoms with Crippen LogP contribution in [0.5, 0.6) is 0 Å². The first-order valence-corrected chi connectivity index (χ1v) is 5.79. The number of nitrogens with zero attached hydrogens (tertiary/aromatic N) is 1. The van der Waals surface area contributed by atoms with Gasteiger partial charge in [-0.3, -0.25) is 4.90 Å². The fourth-order valence-corrected chi connectivity index (χ4v) is 2.66. The average molecular weight is 184 g/mol. The highest BCUT2D eigenvalue weighted by atomic mass is 32.2. The minimum atomic E-state index is 0.726. The van der Waals surface area contributed by atoms with Gasteiger partial charge in [0.25, 0.3) is 0 Å². The normalized spacial score (nSPS) is 31.2. The smallest absolute Gasteiger partial charge is 0.0286 e. The van der Waals surface area contributed by atoms with Crippen LogP contribution in [0.3, 0.4) is 0 Å². The van der Waals surface area contributed by atoms with Crippen molar-refractivity contribution in [2.45, 2.75) is 6.04 Å². The van der Waals surface area contributed by atoms with Gasteiger partial charge in [-0.2, -0.15) is 11.8 Å². The summed E-state index contributed by atoms with van der Waals surface area (Å²) in [4.78, 5) is 2.49. The second-order valence-electron chi connectivity index (χ2n) is 3.42. The van der Waals surface area contributed by atoms with Crippen molar-refractivity contribution in [2.24, 2.45) is 0 Å². The molecule has 2 heterocycles. The fraction of sp³-hybridized carbons (Fsp3) is 0.778. The monoisotopic (exact) mass is 184 g/mol. The lowest BCUT2D eigenvalue weighted by atomic mass is 10.3. The Labute approximate surface area is 78.4 Å². The Hall–Kier alpha value is 0.01000. The van der Waals surface area contributed by atoms with Crippen LogP contribution < -0.4 is 5.32 Å². The van der Waals surface area contributed by atoms with Gasteiger partial charge in [-0.05, 0) is 0 Å². The van der Waals surface area contributed by atoms with E-state index in [0.29, 0.717) is 0 Å². The third kappa shape index (κ3) is 2.25. The van der Waals surface area contributed by atoms with E-state index in [4.69, 9.17) is 0 Å². The molecule has 12 heavy (non-hydrogen) atoms. The van der Waals surface area contributed by atoms with Crippen molar-refractivity contribution < 1.29 is 0 Å². The van der Waals surface area contributed by atoms with Crippen molar-refractivity contribution >= 4 is 11.8 Å². The van der Waals surface area contributed by atoms with E-state index in [0.717, 1.165) is 19.1 Å². The summed E-state index contributed by atoms with van der Waals surface area (Å²) in [5.41, 5.74) is 0. The van der Waals surface area contributed by atoms with Crippen molar-refractivity contribution in [3.8, 4) is 0 Å². The lowest BCUT2D eigenvalue weighted by Crippen LogP contribution is -2.45. The third-order valence-electron chi connectivity index (χ3n) is 2.37. The molecule has 1 atom stereocenters. The first kappa shape index (κ1) is 8.60. The van der Waals surface area contributed by atoms with Crippen LogP contribution in [0, 0.1) is 0 Å². The van der Waals surface area contributed by atoms with Gasteiger partial charge in [-0.15, -0.1) is 0 Å². The quantitative estimate of drug-likeness (QED) is 0.631. The van der Waals surface area contributed by atoms with E-state index < -0.39 is 0 Å². The molecule has 3 heteroatoms. The summed E-state index contributed by atoms with van der Waals surface area (Å²) in [6, 6.07) is 0.726. The van der Waals surface area contributed by atoms with E-state index in [1.807, 2.05) is 0 Å². The Morgan fingerprint density at radius 1 is 1.42 bits per heavy atom. The Balaban J connectivity index is 1.70. The van der Waals surface area contributed by atoms with E-state index >= 15 is 0 Å². The molecule has 2 nitrogen and oxygen atoms in total. The Kier molecular flexibility index (Phi) is 3.08. The molecule has 0 saturated carbocycles. The molecule has 1 saturated heterocycles. The van der Waals surface area contributed by atoms with Crippen molar-refractivity contribution in [2.75, 3.05) is 37.7 Å². The Morgan fingerprint density at radius 2 is 2.25 bits per heavy atom. The summed E-state index contributed by atoms with van der Waals surface area (Å²) in [5, 5.41) is 3.56. The Bertz CT molecular complexity index is 156. The van der Waals surface area contributed by atoms with Crippen LogP contribution in [0.1, 0.15) is 0 Å². The highest BCUT2D eigenvalue weighted by Crippen LogP contribution is 2.09. The highest BCUT2D eigenvalue weighted by molar-refractivity contribution is 7.99. The summed E-state index contributed by atoms with van der Waals surface area (Å²) in [6.07, 6.45) is 4.52. The van der Waals surface area contributed by atoms with Crippen LogP contribution in [0.4, 0.5) is 0 Å². The standard InChI is InChI=1S/C9H16N2S/c1-2-5-11(4-1)7-9-8-12-6-3-10-9/h1-2,9-10H,3-8H2. The maximum atomic E-state index is 3.56. The largest absolute Gasteiger partial charge is 0.311 e. The van der Waals surface area contributed by atoms with Gasteiger partial charge in [0, 0.05) is 43.7 Å². The molecule has 2 rings (SSSR count). The van der Waals surface area contributed by atoms with Crippen LogP contribution in [0.2, 0.25) is 0 Å². The van der Waals surface area contributed by atoms with E-state index in [1.54, 1.807) is 0 Å². The molecule has 0 aromatic carbocycles. The molecular weight excluding hydrogens is 168 g/mol. The predicted molar refractivity (Wildman–Crippen MR) is 54.7 cm³/mol. The average Bonchev–Trinajstić information content (AvgIpc) is 2.59. The molecule has 1 unspecified atom stereocenters. The molecular formula is C9H16N2S. The van der Waals surface area contributed by atoms with E-state index in [9.17, 15) is 0 Å². The topological polar surface area (TPSA) is 15.3 Å². The van der Waals surface area contributed by atoms with Gasteiger partial charge in [0.05, 0.1) is 0 Å². The summed E-state index contributed by atoms with van der Waals surface area (Å²) in [7, 11) is 0. The number of thioether (sulfide) groups is 1. The van der Waals surface area contributed by atoms with E-state index in [1.165, 1.54) is 24.6 Å². The van der Waals surface area contributed by atoms with Gasteiger partial charge in [0.1, 0.15) is 0 Å². The van der Waals surface area contributed by atoms with Crippen molar-refractivity contribution in [1.82, 2.24) is 10.2 Å². The maximum absolute atomic E-state index is 3.56. The minimum Gasteiger partial charge on any atom is -0.311 e. The molecule has 1 fully saturated rings. The van der Waals surface area contributed by atoms with Crippen LogP contribution in [-0.4, -0.2) is 48.6 Å². The van der Waals surface area contributed by atoms with Gasteiger partial charge < -0.3 is 5.32 Å². The summed E-state index contributed by atoms with van der Waals surface area (Å²) in [5.74, 6) is 2.57. The van der Waals surface area contributed by atoms with Gasteiger partial charge in [0.15, 0.2) is 0 Å². The van der Waals surface area contributed by atoms with Gasteiger partial charge in [0.2, 0.25) is 0 Å². The second kappa shape index (κ2) is 4.30. The van der Waals surface area contributed by atoms with Gasteiger partial charge in [-0.25, -0.2) is 0 Å². The molecule has 0 bridgehead atoms. The number of hydrogen-bond donors (Lipinski definition) is 1. The lowest BCUT2D eigenvalue weighted by molar-refractivity contribution is 0.312. The number of nitrogens with one attached hydrogen (secondary N) is 1. The molecule has 1 N–H and O–H groups in total. The molecule has 0 radical (unpaired) electrons. The first-order chi connectivity index (χ1) is 5.95. The van der Waals surface area contributed by atoms with Gasteiger partial charge in [-0.1, -0.05) is 12.2 Å². The number of rotatable bonds is 2. The van der Waals surface area contributed by atoms with Crippen LogP contribution in [0.15, 0.2) is 12.2 Å². The fourth-order valence-electron chi connectivity index (χ4n) is 1.72. The summed E-state index contributed by atoms with van der Waals surface area (Å²) < 4.78 is 0. The molecule has 0 aromatic heterocycles. The molecule has 0 amide bonds. The zero-order valence-corrected chi connectivity index (χ0v) is 8.15. The van der Waals surface area contributed by atoms with Crippen molar-refractivity contribution in [1.29, 1.82) is 0 Å². The zero-order chi connectivity index (χ0) is 8.23. The molecule has 2 aliphatic heterocycles. The minimum absolute atomic E-state index is 0.726. The molecule has 0 spiro atoms. The van der Waals surface area contributed by atoms with E-state index in [2.05, 4.69) is 34.1 Å². The summed E-state index contributed by atoms with van der Waals surface area (Å²) >= 11 is 2.08. The van der Waals surface area contributed by atoms with Crippen molar-refractivity contribution in [3.05, 3.63) is 12.2 Å². The summed E-state index contributed by atoms with van der Waals surface area (Å²) in [6.45, 7) is 4.72. The van der Waals surface area contributed by atoms with Crippen LogP contribution in [0.25, 0.3) is 0 Å². The van der Waals surface area contributed by atoms with E-state index in [-0.39, 0.29) is 0 Å². The molecule has 2 aliphatic rings. The maximum Gasteiger partial charge on any atom is 0.0286 e. The van der Waals surface area contributed by atoms with Crippen molar-refractivity contribution in [3.63, 3.8) is 0 Å². The number of hydrogen-bond acceptors (Lipinski definition) is 3. The lowest BCUT2D eigenvalue weighted by Gasteiger charge is -2.27. The zero-order valence-electron chi connectivity index (χ0n) is 7.33. The van der Waals surface area contributed by atoms with Crippen LogP contribution >= 0.6 is 11.8 Å². The molecule has 0 aromatic rings. The van der Waals surface area contributed by atoms with Gasteiger partial charge >= 0.3 is 0 Å². The third-order valence-corrected chi connectivity index (χ3v) is 3.50. The SMILES string of the molecule is C1=CCN(CC2CSCCN2)C1. The van der Waals surface area contributed by atoms with Crippen LogP contribution in [-0.2, 0) is 0 Å². The predicted octanol–water partition coefficient (Wildman–Crippen LogP) is 0.563. The molecule has 0 aliphatic carbocycles. The Morgan fingerprint density at radius 3 is 2.92 bits per heavy atom.